The van der Waals surface area contributed by atoms with Crippen LogP contribution in [-0.2, 0) is 10.3 Å². The minimum absolute atomic E-state index is 0.207. The van der Waals surface area contributed by atoms with Crippen LogP contribution in [0.1, 0.15) is 18.9 Å². The van der Waals surface area contributed by atoms with Crippen molar-refractivity contribution in [2.75, 3.05) is 6.54 Å². The lowest BCUT2D eigenvalue weighted by Gasteiger charge is -2.23. The van der Waals surface area contributed by atoms with E-state index >= 15 is 0 Å². The van der Waals surface area contributed by atoms with Crippen molar-refractivity contribution in [1.82, 2.24) is 5.32 Å². The van der Waals surface area contributed by atoms with Gasteiger partial charge in [-0.05, 0) is 24.6 Å². The average molecular weight is 210 g/mol. The number of nitrogens with one attached hydrogen (secondary N) is 1. The Morgan fingerprint density at radius 3 is 2.50 bits per heavy atom. The Balaban J connectivity index is 2.30. The van der Waals surface area contributed by atoms with Crippen LogP contribution < -0.4 is 5.32 Å². The van der Waals surface area contributed by atoms with Gasteiger partial charge in [-0.2, -0.15) is 0 Å². The second-order valence-electron chi connectivity index (χ2n) is 3.91. The molecule has 1 N–H and O–H groups in total. The molecule has 0 aliphatic carbocycles. The van der Waals surface area contributed by atoms with Gasteiger partial charge in [0, 0.05) is 17.0 Å². The predicted molar refractivity (Wildman–Crippen MR) is 56.4 cm³/mol. The Labute approximate surface area is 88.3 Å². The number of benzene rings is 1. The Kier molecular flexibility index (Phi) is 2.33. The van der Waals surface area contributed by atoms with E-state index in [-0.39, 0.29) is 11.3 Å². The normalized spacial score (nSPS) is 26.9. The molecule has 1 aromatic rings. The molecule has 1 aliphatic heterocycles. The molecule has 1 unspecified atom stereocenters. The first-order valence-corrected chi connectivity index (χ1v) is 5.01. The number of rotatable bonds is 1. The van der Waals surface area contributed by atoms with E-state index in [0.717, 1.165) is 10.6 Å². The number of carbonyl (C=O) groups is 1. The molecule has 14 heavy (non-hydrogen) atoms. The number of carbonyl (C=O) groups excluding carboxylic acids is 1. The zero-order valence-corrected chi connectivity index (χ0v) is 8.77. The van der Waals surface area contributed by atoms with Crippen molar-refractivity contribution >= 4 is 17.4 Å². The van der Waals surface area contributed by atoms with Gasteiger partial charge in [-0.3, -0.25) is 4.79 Å². The molecule has 1 heterocycles. The van der Waals surface area contributed by atoms with Gasteiger partial charge in [0.1, 0.15) is 5.78 Å². The number of hydrogen-bond donors (Lipinski definition) is 1. The van der Waals surface area contributed by atoms with Crippen LogP contribution in [0.25, 0.3) is 0 Å². The van der Waals surface area contributed by atoms with E-state index in [4.69, 9.17) is 11.6 Å². The highest BCUT2D eigenvalue weighted by Crippen LogP contribution is 2.29. The zero-order valence-electron chi connectivity index (χ0n) is 8.01. The highest BCUT2D eigenvalue weighted by Gasteiger charge is 2.34. The third kappa shape index (κ3) is 1.68. The number of ketones is 1. The average Bonchev–Trinajstić information content (AvgIpc) is 2.48. The summed E-state index contributed by atoms with van der Waals surface area (Å²) in [5.74, 6) is 0.266. The molecule has 0 radical (unpaired) electrons. The van der Waals surface area contributed by atoms with Crippen molar-refractivity contribution < 1.29 is 4.79 Å². The van der Waals surface area contributed by atoms with Crippen LogP contribution >= 0.6 is 11.6 Å². The lowest BCUT2D eigenvalue weighted by Crippen LogP contribution is -2.32. The van der Waals surface area contributed by atoms with E-state index in [1.165, 1.54) is 0 Å². The number of halogens is 1. The van der Waals surface area contributed by atoms with Crippen LogP contribution in [0.5, 0.6) is 0 Å². The maximum absolute atomic E-state index is 11.2. The van der Waals surface area contributed by atoms with Crippen LogP contribution in [-0.4, -0.2) is 12.3 Å². The van der Waals surface area contributed by atoms with Crippen molar-refractivity contribution in [2.24, 2.45) is 0 Å². The molecule has 0 aromatic heterocycles. The third-order valence-corrected chi connectivity index (χ3v) is 2.96. The van der Waals surface area contributed by atoms with Gasteiger partial charge in [0.05, 0.1) is 6.54 Å². The summed E-state index contributed by atoms with van der Waals surface area (Å²) < 4.78 is 0. The van der Waals surface area contributed by atoms with Gasteiger partial charge in [-0.15, -0.1) is 0 Å². The van der Waals surface area contributed by atoms with Crippen LogP contribution in [0.3, 0.4) is 0 Å². The second-order valence-corrected chi connectivity index (χ2v) is 4.34. The van der Waals surface area contributed by atoms with E-state index in [9.17, 15) is 4.79 Å². The molecule has 1 aliphatic rings. The summed E-state index contributed by atoms with van der Waals surface area (Å²) in [5, 5.41) is 3.95. The van der Waals surface area contributed by atoms with Crippen molar-refractivity contribution in [3.05, 3.63) is 34.9 Å². The molecule has 1 atom stereocenters. The maximum atomic E-state index is 11.2. The molecule has 0 bridgehead atoms. The first-order chi connectivity index (χ1) is 6.60. The minimum atomic E-state index is -0.207. The first-order valence-electron chi connectivity index (χ1n) is 4.63. The van der Waals surface area contributed by atoms with Gasteiger partial charge in [-0.1, -0.05) is 23.7 Å². The number of Topliss-reactive ketones (excluding diaryl/α,β-unsaturated/α-hetero) is 1. The molecule has 1 aromatic carbocycles. The standard InChI is InChI=1S/C11H12ClNO/c1-11(6-10(14)7-13-11)8-2-4-9(12)5-3-8/h2-5,13H,6-7H2,1H3. The molecule has 0 saturated carbocycles. The highest BCUT2D eigenvalue weighted by atomic mass is 35.5. The van der Waals surface area contributed by atoms with Gasteiger partial charge in [0.2, 0.25) is 0 Å². The maximum Gasteiger partial charge on any atom is 0.148 e. The summed E-state index contributed by atoms with van der Waals surface area (Å²) in [4.78, 5) is 11.2. The fourth-order valence-corrected chi connectivity index (χ4v) is 1.96. The summed E-state index contributed by atoms with van der Waals surface area (Å²) in [5.41, 5.74) is 0.912. The molecule has 3 heteroatoms. The second kappa shape index (κ2) is 3.37. The van der Waals surface area contributed by atoms with Crippen molar-refractivity contribution in [2.45, 2.75) is 18.9 Å². The first kappa shape index (κ1) is 9.69. The SMILES string of the molecule is CC1(c2ccc(Cl)cc2)CC(=O)CN1. The Bertz CT molecular complexity index is 360. The summed E-state index contributed by atoms with van der Waals surface area (Å²) in [6.45, 7) is 2.51. The topological polar surface area (TPSA) is 29.1 Å². The van der Waals surface area contributed by atoms with Gasteiger partial charge >= 0.3 is 0 Å². The zero-order chi connectivity index (χ0) is 10.2. The fraction of sp³-hybridized carbons (Fsp3) is 0.364. The molecule has 1 saturated heterocycles. The van der Waals surface area contributed by atoms with Crippen LogP contribution in [0, 0.1) is 0 Å². The molecule has 74 valence electrons. The van der Waals surface area contributed by atoms with Gasteiger partial charge in [-0.25, -0.2) is 0 Å². The van der Waals surface area contributed by atoms with Crippen molar-refractivity contribution in [1.29, 1.82) is 0 Å². The van der Waals surface area contributed by atoms with Gasteiger partial charge < -0.3 is 5.32 Å². The summed E-state index contributed by atoms with van der Waals surface area (Å²) in [6, 6.07) is 7.64. The van der Waals surface area contributed by atoms with Crippen LogP contribution in [0.4, 0.5) is 0 Å². The quantitative estimate of drug-likeness (QED) is 0.768. The molecular formula is C11H12ClNO. The lowest BCUT2D eigenvalue weighted by molar-refractivity contribution is -0.116. The fourth-order valence-electron chi connectivity index (χ4n) is 1.83. The Morgan fingerprint density at radius 1 is 1.36 bits per heavy atom. The number of hydrogen-bond acceptors (Lipinski definition) is 2. The lowest BCUT2D eigenvalue weighted by atomic mass is 9.90. The van der Waals surface area contributed by atoms with Crippen molar-refractivity contribution in [3.63, 3.8) is 0 Å². The van der Waals surface area contributed by atoms with E-state index in [1.807, 2.05) is 31.2 Å². The smallest absolute Gasteiger partial charge is 0.148 e. The van der Waals surface area contributed by atoms with E-state index in [1.54, 1.807) is 0 Å². The molecule has 2 nitrogen and oxygen atoms in total. The van der Waals surface area contributed by atoms with Crippen molar-refractivity contribution in [3.8, 4) is 0 Å². The molecule has 0 spiro atoms. The Hall–Kier alpha value is -0.860. The summed E-state index contributed by atoms with van der Waals surface area (Å²) in [6.07, 6.45) is 0.564. The summed E-state index contributed by atoms with van der Waals surface area (Å²) >= 11 is 5.81. The highest BCUT2D eigenvalue weighted by molar-refractivity contribution is 6.30. The third-order valence-electron chi connectivity index (χ3n) is 2.71. The van der Waals surface area contributed by atoms with Gasteiger partial charge in [0.25, 0.3) is 0 Å². The molecule has 2 rings (SSSR count). The van der Waals surface area contributed by atoms with E-state index in [0.29, 0.717) is 13.0 Å². The van der Waals surface area contributed by atoms with E-state index < -0.39 is 0 Å². The monoisotopic (exact) mass is 209 g/mol. The van der Waals surface area contributed by atoms with Gasteiger partial charge in [0.15, 0.2) is 0 Å². The van der Waals surface area contributed by atoms with Crippen LogP contribution in [0.15, 0.2) is 24.3 Å². The van der Waals surface area contributed by atoms with Crippen LogP contribution in [0.2, 0.25) is 5.02 Å². The summed E-state index contributed by atoms with van der Waals surface area (Å²) in [7, 11) is 0. The predicted octanol–water partition coefficient (Wildman–Crippen LogP) is 2.12. The Morgan fingerprint density at radius 2 is 2.00 bits per heavy atom. The molecular weight excluding hydrogens is 198 g/mol. The largest absolute Gasteiger partial charge is 0.300 e. The van der Waals surface area contributed by atoms with E-state index in [2.05, 4.69) is 5.32 Å². The molecule has 1 fully saturated rings. The minimum Gasteiger partial charge on any atom is -0.300 e. The molecule has 0 amide bonds.